The van der Waals surface area contributed by atoms with Crippen LogP contribution in [0.15, 0.2) is 23.1 Å². The van der Waals surface area contributed by atoms with Crippen LogP contribution in [0.4, 0.5) is 11.4 Å². The van der Waals surface area contributed by atoms with E-state index < -0.39 is 14.9 Å². The Balaban J connectivity index is 2.00. The lowest BCUT2D eigenvalue weighted by Gasteiger charge is -2.26. The zero-order valence-electron chi connectivity index (χ0n) is 15.1. The van der Waals surface area contributed by atoms with Crippen molar-refractivity contribution >= 4 is 21.4 Å². The standard InChI is InChI=1S/C16H26N4O5S/c1-13(2)18-26(23,24)14-4-5-15(16(12-14)20(21)22)17-6-3-7-19-8-10-25-11-9-19/h4-5,12-13,17-18H,3,6-11H2,1-2H3. The first-order chi connectivity index (χ1) is 12.3. The molecular formula is C16H26N4O5S. The van der Waals surface area contributed by atoms with Crippen LogP contribution in [-0.2, 0) is 14.8 Å². The van der Waals surface area contributed by atoms with Gasteiger partial charge >= 0.3 is 0 Å². The van der Waals surface area contributed by atoms with Crippen molar-refractivity contribution in [3.8, 4) is 0 Å². The van der Waals surface area contributed by atoms with Crippen LogP contribution in [0.25, 0.3) is 0 Å². The summed E-state index contributed by atoms with van der Waals surface area (Å²) in [6.45, 7) is 8.10. The van der Waals surface area contributed by atoms with E-state index in [0.29, 0.717) is 12.2 Å². The molecule has 1 aliphatic heterocycles. The number of hydrogen-bond acceptors (Lipinski definition) is 7. The number of rotatable bonds is 9. The Morgan fingerprint density at radius 1 is 1.31 bits per heavy atom. The second kappa shape index (κ2) is 9.26. The minimum Gasteiger partial charge on any atom is -0.379 e. The second-order valence-corrected chi connectivity index (χ2v) is 8.16. The predicted octanol–water partition coefficient (Wildman–Crippen LogP) is 1.42. The van der Waals surface area contributed by atoms with Crippen LogP contribution in [0.1, 0.15) is 20.3 Å². The molecule has 0 saturated carbocycles. The first kappa shape index (κ1) is 20.6. The molecule has 2 rings (SSSR count). The average molecular weight is 386 g/mol. The van der Waals surface area contributed by atoms with Crippen LogP contribution in [0, 0.1) is 10.1 Å². The third kappa shape index (κ3) is 5.90. The minimum absolute atomic E-state index is 0.114. The first-order valence-corrected chi connectivity index (χ1v) is 10.1. The number of hydrogen-bond donors (Lipinski definition) is 2. The van der Waals surface area contributed by atoms with E-state index in [4.69, 9.17) is 4.74 Å². The maximum atomic E-state index is 12.2. The summed E-state index contributed by atoms with van der Waals surface area (Å²) in [7, 11) is -3.77. The van der Waals surface area contributed by atoms with E-state index in [9.17, 15) is 18.5 Å². The van der Waals surface area contributed by atoms with E-state index in [2.05, 4.69) is 14.9 Å². The van der Waals surface area contributed by atoms with Crippen LogP contribution in [0.3, 0.4) is 0 Å². The SMILES string of the molecule is CC(C)NS(=O)(=O)c1ccc(NCCCN2CCOCC2)c([N+](=O)[O-])c1. The maximum Gasteiger partial charge on any atom is 0.293 e. The van der Waals surface area contributed by atoms with Crippen molar-refractivity contribution < 1.29 is 18.1 Å². The summed E-state index contributed by atoms with van der Waals surface area (Å²) in [4.78, 5) is 12.9. The summed E-state index contributed by atoms with van der Waals surface area (Å²) in [5.74, 6) is 0. The first-order valence-electron chi connectivity index (χ1n) is 8.64. The molecule has 1 saturated heterocycles. The number of nitro benzene ring substituents is 1. The summed E-state index contributed by atoms with van der Waals surface area (Å²) in [5, 5.41) is 14.4. The van der Waals surface area contributed by atoms with Gasteiger partial charge in [-0.3, -0.25) is 15.0 Å². The van der Waals surface area contributed by atoms with Gasteiger partial charge in [0.1, 0.15) is 5.69 Å². The molecule has 146 valence electrons. The van der Waals surface area contributed by atoms with Gasteiger partial charge in [-0.05, 0) is 38.9 Å². The van der Waals surface area contributed by atoms with Gasteiger partial charge in [-0.25, -0.2) is 13.1 Å². The topological polar surface area (TPSA) is 114 Å². The van der Waals surface area contributed by atoms with Gasteiger partial charge in [0, 0.05) is 31.7 Å². The fourth-order valence-corrected chi connectivity index (χ4v) is 3.98. The Kier molecular flexibility index (Phi) is 7.33. The molecule has 0 radical (unpaired) electrons. The zero-order chi connectivity index (χ0) is 19.2. The number of nitro groups is 1. The molecule has 1 fully saturated rings. The van der Waals surface area contributed by atoms with E-state index in [1.807, 2.05) is 0 Å². The highest BCUT2D eigenvalue weighted by atomic mass is 32.2. The number of morpholine rings is 1. The van der Waals surface area contributed by atoms with Gasteiger partial charge in [0.15, 0.2) is 0 Å². The molecule has 1 aromatic carbocycles. The largest absolute Gasteiger partial charge is 0.379 e. The van der Waals surface area contributed by atoms with Crippen molar-refractivity contribution in [1.82, 2.24) is 9.62 Å². The molecule has 2 N–H and O–H groups in total. The Labute approximate surface area is 153 Å². The second-order valence-electron chi connectivity index (χ2n) is 6.45. The van der Waals surface area contributed by atoms with Crippen molar-refractivity contribution in [3.63, 3.8) is 0 Å². The van der Waals surface area contributed by atoms with Gasteiger partial charge in [-0.1, -0.05) is 0 Å². The smallest absolute Gasteiger partial charge is 0.293 e. The lowest BCUT2D eigenvalue weighted by molar-refractivity contribution is -0.384. The summed E-state index contributed by atoms with van der Waals surface area (Å²) in [6, 6.07) is 3.62. The molecule has 9 nitrogen and oxygen atoms in total. The van der Waals surface area contributed by atoms with E-state index >= 15 is 0 Å². The van der Waals surface area contributed by atoms with E-state index in [0.717, 1.165) is 45.3 Å². The van der Waals surface area contributed by atoms with E-state index in [1.54, 1.807) is 13.8 Å². The lowest BCUT2D eigenvalue weighted by Crippen LogP contribution is -2.37. The summed E-state index contributed by atoms with van der Waals surface area (Å²) < 4.78 is 32.1. The number of nitrogens with zero attached hydrogens (tertiary/aromatic N) is 2. The molecule has 0 aromatic heterocycles. The van der Waals surface area contributed by atoms with Crippen LogP contribution < -0.4 is 10.0 Å². The van der Waals surface area contributed by atoms with Crippen LogP contribution >= 0.6 is 0 Å². The van der Waals surface area contributed by atoms with E-state index in [1.165, 1.54) is 12.1 Å². The number of benzene rings is 1. The molecule has 0 spiro atoms. The van der Waals surface area contributed by atoms with Crippen molar-refractivity contribution in [1.29, 1.82) is 0 Å². The monoisotopic (exact) mass is 386 g/mol. The molecule has 1 heterocycles. The molecule has 1 aliphatic rings. The number of anilines is 1. The molecule has 0 unspecified atom stereocenters. The van der Waals surface area contributed by atoms with Crippen LogP contribution in [-0.4, -0.2) is 63.7 Å². The molecule has 0 atom stereocenters. The van der Waals surface area contributed by atoms with Gasteiger partial charge in [0.2, 0.25) is 10.0 Å². The Bertz CT molecular complexity index is 717. The van der Waals surface area contributed by atoms with Crippen molar-refractivity contribution in [3.05, 3.63) is 28.3 Å². The Morgan fingerprint density at radius 3 is 2.62 bits per heavy atom. The Morgan fingerprint density at radius 2 is 2.00 bits per heavy atom. The average Bonchev–Trinajstić information content (AvgIpc) is 2.58. The molecule has 0 bridgehead atoms. The highest BCUT2D eigenvalue weighted by molar-refractivity contribution is 7.89. The van der Waals surface area contributed by atoms with Gasteiger partial charge in [0.25, 0.3) is 5.69 Å². The van der Waals surface area contributed by atoms with Gasteiger partial charge in [0.05, 0.1) is 23.0 Å². The normalized spacial score (nSPS) is 16.0. The lowest BCUT2D eigenvalue weighted by atomic mass is 10.2. The van der Waals surface area contributed by atoms with Crippen molar-refractivity contribution in [2.24, 2.45) is 0 Å². The quantitative estimate of drug-likeness (QED) is 0.375. The molecule has 1 aromatic rings. The molecule has 0 aliphatic carbocycles. The molecular weight excluding hydrogens is 360 g/mol. The van der Waals surface area contributed by atoms with E-state index in [-0.39, 0.29) is 16.6 Å². The van der Waals surface area contributed by atoms with Gasteiger partial charge in [-0.2, -0.15) is 0 Å². The van der Waals surface area contributed by atoms with Crippen LogP contribution in [0.2, 0.25) is 0 Å². The zero-order valence-corrected chi connectivity index (χ0v) is 15.9. The summed E-state index contributed by atoms with van der Waals surface area (Å²) in [6.07, 6.45) is 0.826. The fraction of sp³-hybridized carbons (Fsp3) is 0.625. The highest BCUT2D eigenvalue weighted by Gasteiger charge is 2.22. The third-order valence-electron chi connectivity index (χ3n) is 3.94. The number of sulfonamides is 1. The predicted molar refractivity (Wildman–Crippen MR) is 98.9 cm³/mol. The molecule has 0 amide bonds. The summed E-state index contributed by atoms with van der Waals surface area (Å²) in [5.41, 5.74) is 0.0727. The molecule has 10 heteroatoms. The van der Waals surface area contributed by atoms with Gasteiger partial charge < -0.3 is 10.1 Å². The Hall–Kier alpha value is -1.75. The van der Waals surface area contributed by atoms with Crippen molar-refractivity contribution in [2.45, 2.75) is 31.2 Å². The third-order valence-corrected chi connectivity index (χ3v) is 5.59. The minimum atomic E-state index is -3.77. The fourth-order valence-electron chi connectivity index (χ4n) is 2.71. The van der Waals surface area contributed by atoms with Gasteiger partial charge in [-0.15, -0.1) is 0 Å². The van der Waals surface area contributed by atoms with Crippen LogP contribution in [0.5, 0.6) is 0 Å². The number of nitrogens with one attached hydrogen (secondary N) is 2. The van der Waals surface area contributed by atoms with Crippen molar-refractivity contribution in [2.75, 3.05) is 44.7 Å². The molecule has 26 heavy (non-hydrogen) atoms. The number of ether oxygens (including phenoxy) is 1. The summed E-state index contributed by atoms with van der Waals surface area (Å²) >= 11 is 0. The highest BCUT2D eigenvalue weighted by Crippen LogP contribution is 2.27. The maximum absolute atomic E-state index is 12.2.